The molecule has 0 aliphatic carbocycles. The molecule has 0 bridgehead atoms. The van der Waals surface area contributed by atoms with Crippen molar-refractivity contribution in [3.05, 3.63) is 78.5 Å². The fourth-order valence-electron chi connectivity index (χ4n) is 4.50. The maximum Gasteiger partial charge on any atom is 0.290 e. The molecule has 3 aromatic rings. The number of ether oxygens (including phenoxy) is 1. The summed E-state index contributed by atoms with van der Waals surface area (Å²) in [6.45, 7) is 4.73. The first-order valence-electron chi connectivity index (χ1n) is 10.7. The Kier molecular flexibility index (Phi) is 6.20. The van der Waals surface area contributed by atoms with Crippen molar-refractivity contribution < 1.29 is 13.9 Å². The molecule has 8 heteroatoms. The molecule has 2 aliphatic rings. The highest BCUT2D eigenvalue weighted by Crippen LogP contribution is 2.38. The highest BCUT2D eigenvalue weighted by atomic mass is 79.9. The molecular weight excluding hydrogens is 540 g/mol. The number of rotatable bonds is 5. The zero-order valence-electron chi connectivity index (χ0n) is 17.4. The summed E-state index contributed by atoms with van der Waals surface area (Å²) in [5.41, 5.74) is 1.59. The minimum absolute atomic E-state index is 0.153. The number of carbonyl (C=O) groups is 1. The molecule has 5 rings (SSSR count). The first-order chi connectivity index (χ1) is 15.5. The van der Waals surface area contributed by atoms with Crippen LogP contribution in [0.15, 0.2) is 60.6 Å². The molecule has 0 spiro atoms. The predicted octanol–water partition coefficient (Wildman–Crippen LogP) is 4.59. The van der Waals surface area contributed by atoms with Crippen LogP contribution in [0.1, 0.15) is 34.1 Å². The lowest BCUT2D eigenvalue weighted by atomic mass is 9.98. The molecule has 1 atom stereocenters. The van der Waals surface area contributed by atoms with Crippen molar-refractivity contribution in [2.75, 3.05) is 39.4 Å². The van der Waals surface area contributed by atoms with Crippen LogP contribution >= 0.6 is 31.9 Å². The SMILES string of the molecule is O=C1c2oc3ccc(Br)cc3c(=O)c2C(c2ccc(Br)cc2)N1CCCN1CCOCC1. The number of nitrogens with zero attached hydrogens (tertiary/aromatic N) is 2. The van der Waals surface area contributed by atoms with E-state index in [1.165, 1.54) is 0 Å². The van der Waals surface area contributed by atoms with E-state index < -0.39 is 6.04 Å². The van der Waals surface area contributed by atoms with Crippen LogP contribution in [0.5, 0.6) is 0 Å². The number of fused-ring (bicyclic) bond motifs is 2. The van der Waals surface area contributed by atoms with Gasteiger partial charge in [0.2, 0.25) is 5.76 Å². The monoisotopic (exact) mass is 560 g/mol. The minimum atomic E-state index is -0.463. The van der Waals surface area contributed by atoms with E-state index in [1.807, 2.05) is 30.3 Å². The lowest BCUT2D eigenvalue weighted by molar-refractivity contribution is 0.0353. The molecule has 1 fully saturated rings. The molecule has 3 heterocycles. The van der Waals surface area contributed by atoms with E-state index in [2.05, 4.69) is 36.8 Å². The van der Waals surface area contributed by atoms with Crippen LogP contribution in [0.4, 0.5) is 0 Å². The molecule has 1 saturated heterocycles. The molecule has 6 nitrogen and oxygen atoms in total. The second kappa shape index (κ2) is 9.09. The largest absolute Gasteiger partial charge is 0.450 e. The Bertz CT molecular complexity index is 1220. The number of amides is 1. The normalized spacial score (nSPS) is 19.0. The van der Waals surface area contributed by atoms with Crippen LogP contribution in [-0.2, 0) is 4.74 Å². The number of hydrogen-bond donors (Lipinski definition) is 0. The number of carbonyl (C=O) groups excluding carboxylic acids is 1. The number of halogens is 2. The van der Waals surface area contributed by atoms with Crippen molar-refractivity contribution in [1.29, 1.82) is 0 Å². The maximum atomic E-state index is 13.5. The van der Waals surface area contributed by atoms with Crippen LogP contribution in [0.3, 0.4) is 0 Å². The highest BCUT2D eigenvalue weighted by molar-refractivity contribution is 9.10. The van der Waals surface area contributed by atoms with Gasteiger partial charge in [-0.3, -0.25) is 14.5 Å². The summed E-state index contributed by atoms with van der Waals surface area (Å²) in [6, 6.07) is 12.6. The zero-order chi connectivity index (χ0) is 22.2. The van der Waals surface area contributed by atoms with Crippen molar-refractivity contribution in [3.63, 3.8) is 0 Å². The Morgan fingerprint density at radius 1 is 0.938 bits per heavy atom. The highest BCUT2D eigenvalue weighted by Gasteiger charge is 2.42. The molecule has 1 aromatic heterocycles. The smallest absolute Gasteiger partial charge is 0.290 e. The first-order valence-corrected chi connectivity index (χ1v) is 12.2. The van der Waals surface area contributed by atoms with Crippen LogP contribution in [0.2, 0.25) is 0 Å². The third kappa shape index (κ3) is 4.05. The van der Waals surface area contributed by atoms with Crippen molar-refractivity contribution >= 4 is 48.7 Å². The van der Waals surface area contributed by atoms with Gasteiger partial charge in [0.1, 0.15) is 5.58 Å². The molecule has 2 aliphatic heterocycles. The van der Waals surface area contributed by atoms with E-state index in [1.54, 1.807) is 17.0 Å². The third-order valence-electron chi connectivity index (χ3n) is 6.09. The van der Waals surface area contributed by atoms with E-state index in [-0.39, 0.29) is 17.1 Å². The van der Waals surface area contributed by atoms with Crippen LogP contribution < -0.4 is 5.43 Å². The molecule has 1 amide bonds. The Balaban J connectivity index is 1.53. The van der Waals surface area contributed by atoms with E-state index in [0.717, 1.165) is 53.8 Å². The summed E-state index contributed by atoms with van der Waals surface area (Å²) in [5, 5.41) is 0.475. The molecule has 0 N–H and O–H groups in total. The predicted molar refractivity (Wildman–Crippen MR) is 129 cm³/mol. The molecule has 166 valence electrons. The first kappa shape index (κ1) is 21.8. The standard InChI is InChI=1S/C24H22Br2N2O4/c25-16-4-2-15(3-5-16)21-20-22(29)18-14-17(26)6-7-19(18)32-23(20)24(30)28(21)9-1-8-27-10-12-31-13-11-27/h2-7,14,21H,1,8-13H2. The van der Waals surface area contributed by atoms with Crippen molar-refractivity contribution in [2.24, 2.45) is 0 Å². The van der Waals surface area contributed by atoms with Gasteiger partial charge in [0.25, 0.3) is 5.91 Å². The zero-order valence-corrected chi connectivity index (χ0v) is 20.5. The van der Waals surface area contributed by atoms with E-state index in [4.69, 9.17) is 9.15 Å². The second-order valence-corrected chi connectivity index (χ2v) is 9.91. The molecule has 0 saturated carbocycles. The van der Waals surface area contributed by atoms with Crippen LogP contribution in [0, 0.1) is 0 Å². The van der Waals surface area contributed by atoms with Gasteiger partial charge in [-0.1, -0.05) is 44.0 Å². The van der Waals surface area contributed by atoms with Gasteiger partial charge < -0.3 is 14.1 Å². The van der Waals surface area contributed by atoms with Gasteiger partial charge in [-0.15, -0.1) is 0 Å². The summed E-state index contributed by atoms with van der Waals surface area (Å²) in [6.07, 6.45) is 0.812. The van der Waals surface area contributed by atoms with Gasteiger partial charge in [0.05, 0.1) is 30.2 Å². The average molecular weight is 562 g/mol. The average Bonchev–Trinajstić information content (AvgIpc) is 3.08. The topological polar surface area (TPSA) is 63.0 Å². The van der Waals surface area contributed by atoms with E-state index in [9.17, 15) is 9.59 Å². The quantitative estimate of drug-likeness (QED) is 0.456. The molecule has 1 unspecified atom stereocenters. The lowest BCUT2D eigenvalue weighted by Crippen LogP contribution is -2.38. The number of hydrogen-bond acceptors (Lipinski definition) is 5. The summed E-state index contributed by atoms with van der Waals surface area (Å²) in [4.78, 5) is 31.1. The second-order valence-electron chi connectivity index (χ2n) is 8.07. The Labute approximate surface area is 202 Å². The summed E-state index contributed by atoms with van der Waals surface area (Å²) < 4.78 is 13.2. The fourth-order valence-corrected chi connectivity index (χ4v) is 5.13. The van der Waals surface area contributed by atoms with Gasteiger partial charge in [0, 0.05) is 35.1 Å². The van der Waals surface area contributed by atoms with Gasteiger partial charge >= 0.3 is 0 Å². The van der Waals surface area contributed by atoms with Crippen molar-refractivity contribution in [3.8, 4) is 0 Å². The molecule has 32 heavy (non-hydrogen) atoms. The molecular formula is C24H22Br2N2O4. The van der Waals surface area contributed by atoms with Crippen LogP contribution in [-0.4, -0.2) is 55.1 Å². The number of benzene rings is 2. The van der Waals surface area contributed by atoms with Crippen molar-refractivity contribution in [1.82, 2.24) is 9.80 Å². The van der Waals surface area contributed by atoms with E-state index in [0.29, 0.717) is 23.1 Å². The van der Waals surface area contributed by atoms with Gasteiger partial charge in [-0.05, 0) is 42.3 Å². The van der Waals surface area contributed by atoms with Crippen LogP contribution in [0.25, 0.3) is 11.0 Å². The minimum Gasteiger partial charge on any atom is -0.450 e. The van der Waals surface area contributed by atoms with Gasteiger partial charge in [0.15, 0.2) is 5.43 Å². The fraction of sp³-hybridized carbons (Fsp3) is 0.333. The summed E-state index contributed by atoms with van der Waals surface area (Å²) in [5.74, 6) is -0.0686. The summed E-state index contributed by atoms with van der Waals surface area (Å²) >= 11 is 6.91. The molecule has 2 aromatic carbocycles. The maximum absolute atomic E-state index is 13.5. The van der Waals surface area contributed by atoms with Crippen molar-refractivity contribution in [2.45, 2.75) is 12.5 Å². The Hall–Kier alpha value is -2.00. The Morgan fingerprint density at radius 3 is 2.41 bits per heavy atom. The number of morpholine rings is 1. The van der Waals surface area contributed by atoms with Gasteiger partial charge in [-0.25, -0.2) is 0 Å². The lowest BCUT2D eigenvalue weighted by Gasteiger charge is -2.29. The third-order valence-corrected chi connectivity index (χ3v) is 7.11. The molecule has 0 radical (unpaired) electrons. The Morgan fingerprint density at radius 2 is 1.66 bits per heavy atom. The van der Waals surface area contributed by atoms with E-state index >= 15 is 0 Å². The summed E-state index contributed by atoms with van der Waals surface area (Å²) in [7, 11) is 0. The van der Waals surface area contributed by atoms with Gasteiger partial charge in [-0.2, -0.15) is 0 Å².